The van der Waals surface area contributed by atoms with E-state index in [4.69, 9.17) is 0 Å². The minimum atomic E-state index is 0.985. The fraction of sp³-hybridized carbons (Fsp3) is 0.462. The van der Waals surface area contributed by atoms with E-state index in [2.05, 4.69) is 30.4 Å². The molecule has 1 aromatic rings. The second-order valence-corrected chi connectivity index (χ2v) is 4.82. The lowest BCUT2D eigenvalue weighted by molar-refractivity contribution is 0.897. The zero-order valence-electron chi connectivity index (χ0n) is 10.1. The molecule has 0 aliphatic rings. The molecule has 0 saturated heterocycles. The summed E-state index contributed by atoms with van der Waals surface area (Å²) >= 11 is 1.93. The zero-order valence-corrected chi connectivity index (χ0v) is 10.9. The van der Waals surface area contributed by atoms with Crippen molar-refractivity contribution in [2.75, 3.05) is 16.9 Å². The van der Waals surface area contributed by atoms with Crippen molar-refractivity contribution in [1.29, 1.82) is 0 Å². The molecule has 0 aliphatic heterocycles. The van der Waals surface area contributed by atoms with Crippen LogP contribution < -0.4 is 5.43 Å². The van der Waals surface area contributed by atoms with Crippen molar-refractivity contribution in [2.45, 2.75) is 26.7 Å². The summed E-state index contributed by atoms with van der Waals surface area (Å²) in [5.41, 5.74) is 5.36. The van der Waals surface area contributed by atoms with Crippen LogP contribution >= 0.6 is 11.8 Å². The van der Waals surface area contributed by atoms with Crippen molar-refractivity contribution in [3.05, 3.63) is 29.8 Å². The minimum Gasteiger partial charge on any atom is -0.279 e. The van der Waals surface area contributed by atoms with E-state index in [1.54, 1.807) is 0 Å². The number of hydrogen-bond acceptors (Lipinski definition) is 3. The summed E-state index contributed by atoms with van der Waals surface area (Å²) in [7, 11) is 0. The first-order chi connectivity index (χ1) is 7.84. The Kier molecular flexibility index (Phi) is 6.74. The predicted molar refractivity (Wildman–Crippen MR) is 75.5 cm³/mol. The number of para-hydroxylation sites is 1. The van der Waals surface area contributed by atoms with Crippen LogP contribution in [0.15, 0.2) is 29.4 Å². The van der Waals surface area contributed by atoms with E-state index in [1.165, 1.54) is 24.2 Å². The van der Waals surface area contributed by atoms with Gasteiger partial charge in [-0.2, -0.15) is 16.9 Å². The van der Waals surface area contributed by atoms with Crippen LogP contribution in [0.3, 0.4) is 0 Å². The maximum Gasteiger partial charge on any atom is 0.0590 e. The number of rotatable bonds is 7. The highest BCUT2D eigenvalue weighted by Gasteiger charge is 1.92. The first-order valence-electron chi connectivity index (χ1n) is 5.75. The van der Waals surface area contributed by atoms with Gasteiger partial charge in [-0.1, -0.05) is 31.5 Å². The Hall–Kier alpha value is -0.960. The Bertz CT molecular complexity index is 323. The van der Waals surface area contributed by atoms with Gasteiger partial charge in [-0.3, -0.25) is 5.43 Å². The number of aryl methyl sites for hydroxylation is 1. The van der Waals surface area contributed by atoms with Crippen LogP contribution in [-0.2, 0) is 0 Å². The molecule has 88 valence electrons. The van der Waals surface area contributed by atoms with E-state index in [-0.39, 0.29) is 0 Å². The molecule has 0 aliphatic carbocycles. The second kappa shape index (κ2) is 8.22. The van der Waals surface area contributed by atoms with Gasteiger partial charge in [0.05, 0.1) is 5.69 Å². The molecule has 0 bridgehead atoms. The van der Waals surface area contributed by atoms with Gasteiger partial charge < -0.3 is 0 Å². The monoisotopic (exact) mass is 236 g/mol. The molecule has 0 heterocycles. The van der Waals surface area contributed by atoms with E-state index in [9.17, 15) is 0 Å². The number of anilines is 1. The maximum absolute atomic E-state index is 4.20. The van der Waals surface area contributed by atoms with Crippen LogP contribution in [0.2, 0.25) is 0 Å². The van der Waals surface area contributed by atoms with Gasteiger partial charge in [0, 0.05) is 12.0 Å². The van der Waals surface area contributed by atoms with Crippen molar-refractivity contribution >= 4 is 23.7 Å². The van der Waals surface area contributed by atoms with Crippen LogP contribution in [0, 0.1) is 6.92 Å². The fourth-order valence-corrected chi connectivity index (χ4v) is 2.07. The highest BCUT2D eigenvalue weighted by Crippen LogP contribution is 2.12. The smallest absolute Gasteiger partial charge is 0.0590 e. The molecular weight excluding hydrogens is 216 g/mol. The normalized spacial score (nSPS) is 10.9. The molecule has 0 unspecified atom stereocenters. The van der Waals surface area contributed by atoms with E-state index in [0.29, 0.717) is 0 Å². The number of nitrogens with zero attached hydrogens (tertiary/aromatic N) is 1. The summed E-state index contributed by atoms with van der Waals surface area (Å²) in [5, 5.41) is 4.20. The fourth-order valence-electron chi connectivity index (χ4n) is 1.23. The predicted octanol–water partition coefficient (Wildman–Crippen LogP) is 3.93. The molecule has 0 fully saturated rings. The number of hydrogen-bond donors (Lipinski definition) is 1. The minimum absolute atomic E-state index is 0.985. The van der Waals surface area contributed by atoms with Crippen LogP contribution in [0.4, 0.5) is 5.69 Å². The molecule has 0 saturated carbocycles. The number of benzene rings is 1. The molecular formula is C13H20N2S. The molecule has 1 N–H and O–H groups in total. The standard InChI is InChI=1S/C13H20N2S/c1-3-4-10-16-11-9-14-15-13-8-6-5-7-12(13)2/h5-9,15H,3-4,10-11H2,1-2H3/b14-9+. The lowest BCUT2D eigenvalue weighted by Crippen LogP contribution is -1.93. The van der Waals surface area contributed by atoms with Gasteiger partial charge in [0.1, 0.15) is 0 Å². The Morgan fingerprint density at radius 2 is 2.19 bits per heavy atom. The largest absolute Gasteiger partial charge is 0.279 e. The second-order valence-electron chi connectivity index (χ2n) is 3.67. The third-order valence-corrected chi connectivity index (χ3v) is 3.22. The molecule has 16 heavy (non-hydrogen) atoms. The SMILES string of the molecule is CCCCSC/C=N/Nc1ccccc1C. The van der Waals surface area contributed by atoms with Crippen molar-refractivity contribution in [1.82, 2.24) is 0 Å². The maximum atomic E-state index is 4.20. The number of hydrazone groups is 1. The Balaban J connectivity index is 2.19. The summed E-state index contributed by atoms with van der Waals surface area (Å²) in [6.07, 6.45) is 4.50. The van der Waals surface area contributed by atoms with Gasteiger partial charge in [0.25, 0.3) is 0 Å². The molecule has 2 nitrogen and oxygen atoms in total. The van der Waals surface area contributed by atoms with Gasteiger partial charge in [-0.25, -0.2) is 0 Å². The van der Waals surface area contributed by atoms with E-state index in [0.717, 1.165) is 11.4 Å². The third kappa shape index (κ3) is 5.21. The van der Waals surface area contributed by atoms with Crippen LogP contribution in [0.25, 0.3) is 0 Å². The average Bonchev–Trinajstić information content (AvgIpc) is 2.30. The summed E-state index contributed by atoms with van der Waals surface area (Å²) < 4.78 is 0. The first-order valence-corrected chi connectivity index (χ1v) is 6.91. The van der Waals surface area contributed by atoms with Crippen LogP contribution in [-0.4, -0.2) is 17.7 Å². The van der Waals surface area contributed by atoms with Crippen LogP contribution in [0.5, 0.6) is 0 Å². The molecule has 0 amide bonds. The van der Waals surface area contributed by atoms with Gasteiger partial charge in [0.2, 0.25) is 0 Å². The summed E-state index contributed by atoms with van der Waals surface area (Å²) in [6, 6.07) is 8.16. The molecule has 1 aromatic carbocycles. The van der Waals surface area contributed by atoms with E-state index in [1.807, 2.05) is 36.2 Å². The molecule has 3 heteroatoms. The quantitative estimate of drug-likeness (QED) is 0.441. The van der Waals surface area contributed by atoms with Gasteiger partial charge in [-0.05, 0) is 30.7 Å². The van der Waals surface area contributed by atoms with Gasteiger partial charge in [0.15, 0.2) is 0 Å². The van der Waals surface area contributed by atoms with E-state index >= 15 is 0 Å². The van der Waals surface area contributed by atoms with Crippen molar-refractivity contribution in [3.63, 3.8) is 0 Å². The third-order valence-electron chi connectivity index (χ3n) is 2.26. The Morgan fingerprint density at radius 3 is 2.94 bits per heavy atom. The molecule has 0 spiro atoms. The topological polar surface area (TPSA) is 24.4 Å². The lowest BCUT2D eigenvalue weighted by atomic mass is 10.2. The Labute approximate surface area is 103 Å². The molecule has 0 aromatic heterocycles. The van der Waals surface area contributed by atoms with Crippen molar-refractivity contribution in [3.8, 4) is 0 Å². The summed E-state index contributed by atoms with van der Waals surface area (Å²) in [5.74, 6) is 2.21. The summed E-state index contributed by atoms with van der Waals surface area (Å²) in [4.78, 5) is 0. The lowest BCUT2D eigenvalue weighted by Gasteiger charge is -2.03. The van der Waals surface area contributed by atoms with E-state index < -0.39 is 0 Å². The van der Waals surface area contributed by atoms with Gasteiger partial charge >= 0.3 is 0 Å². The molecule has 0 radical (unpaired) electrons. The number of nitrogens with one attached hydrogen (secondary N) is 1. The first kappa shape index (κ1) is 13.1. The number of unbranched alkanes of at least 4 members (excludes halogenated alkanes) is 1. The van der Waals surface area contributed by atoms with Crippen molar-refractivity contribution in [2.24, 2.45) is 5.10 Å². The number of thioether (sulfide) groups is 1. The highest BCUT2D eigenvalue weighted by atomic mass is 32.2. The van der Waals surface area contributed by atoms with Crippen LogP contribution in [0.1, 0.15) is 25.3 Å². The molecule has 1 rings (SSSR count). The highest BCUT2D eigenvalue weighted by molar-refractivity contribution is 7.99. The Morgan fingerprint density at radius 1 is 1.38 bits per heavy atom. The average molecular weight is 236 g/mol. The summed E-state index contributed by atoms with van der Waals surface area (Å²) in [6.45, 7) is 4.29. The zero-order chi connectivity index (χ0) is 11.6. The molecule has 0 atom stereocenters. The van der Waals surface area contributed by atoms with Gasteiger partial charge in [-0.15, -0.1) is 0 Å². The van der Waals surface area contributed by atoms with Crippen molar-refractivity contribution < 1.29 is 0 Å².